The second kappa shape index (κ2) is 7.04. The second-order valence-corrected chi connectivity index (χ2v) is 7.54. The molecule has 0 bridgehead atoms. The monoisotopic (exact) mass is 321 g/mol. The lowest BCUT2D eigenvalue weighted by Crippen LogP contribution is -2.48. The Labute approximate surface area is 125 Å². The number of hydrogen-bond acceptors (Lipinski definition) is 5. The average molecular weight is 321 g/mol. The molecular weight excluding hydrogens is 298 g/mol. The lowest BCUT2D eigenvalue weighted by atomic mass is 10.0. The normalized spacial score (nSPS) is 30.1. The molecule has 2 saturated heterocycles. The van der Waals surface area contributed by atoms with Gasteiger partial charge in [-0.2, -0.15) is 4.31 Å². The summed E-state index contributed by atoms with van der Waals surface area (Å²) >= 11 is 0. The number of sulfonamides is 1. The highest BCUT2D eigenvalue weighted by Crippen LogP contribution is 2.25. The van der Waals surface area contributed by atoms with Crippen molar-refractivity contribution in [3.05, 3.63) is 0 Å². The molecule has 0 aromatic heterocycles. The summed E-state index contributed by atoms with van der Waals surface area (Å²) in [6.07, 6.45) is 1.97. The number of carboxylic acids is 1. The molecule has 0 radical (unpaired) electrons. The Morgan fingerprint density at radius 2 is 2.14 bits per heavy atom. The summed E-state index contributed by atoms with van der Waals surface area (Å²) in [6, 6.07) is -0.617. The number of hydrogen-bond donors (Lipinski definition) is 1. The van der Waals surface area contributed by atoms with E-state index in [-0.39, 0.29) is 25.1 Å². The fourth-order valence-electron chi connectivity index (χ4n) is 2.90. The van der Waals surface area contributed by atoms with Gasteiger partial charge in [0.25, 0.3) is 0 Å². The van der Waals surface area contributed by atoms with Gasteiger partial charge in [-0.1, -0.05) is 6.92 Å². The SMILES string of the molecule is CCCN(C1COCC1C(=O)O)S(=O)(=O)CC1CCCO1. The van der Waals surface area contributed by atoms with Gasteiger partial charge in [0.1, 0.15) is 0 Å². The van der Waals surface area contributed by atoms with Crippen LogP contribution in [0.15, 0.2) is 0 Å². The van der Waals surface area contributed by atoms with E-state index in [0.717, 1.165) is 12.8 Å². The standard InChI is InChI=1S/C13H23NO6S/c1-2-5-14(12-8-19-7-11(12)13(15)16)21(17,18)9-10-4-3-6-20-10/h10-12H,2-9H2,1H3,(H,15,16). The summed E-state index contributed by atoms with van der Waals surface area (Å²) in [5.41, 5.74) is 0. The molecule has 8 heteroatoms. The van der Waals surface area contributed by atoms with Crippen LogP contribution in [0.1, 0.15) is 26.2 Å². The number of carbonyl (C=O) groups is 1. The van der Waals surface area contributed by atoms with Crippen molar-refractivity contribution in [3.8, 4) is 0 Å². The van der Waals surface area contributed by atoms with Gasteiger partial charge in [-0.05, 0) is 19.3 Å². The van der Waals surface area contributed by atoms with E-state index in [1.165, 1.54) is 4.31 Å². The molecular formula is C13H23NO6S. The summed E-state index contributed by atoms with van der Waals surface area (Å²) in [4.78, 5) is 11.3. The summed E-state index contributed by atoms with van der Waals surface area (Å²) in [7, 11) is -3.55. The zero-order valence-electron chi connectivity index (χ0n) is 12.2. The summed E-state index contributed by atoms with van der Waals surface area (Å²) in [6.45, 7) is 2.99. The van der Waals surface area contributed by atoms with Gasteiger partial charge in [-0.15, -0.1) is 0 Å². The van der Waals surface area contributed by atoms with Gasteiger partial charge in [0.15, 0.2) is 0 Å². The lowest BCUT2D eigenvalue weighted by Gasteiger charge is -2.30. The van der Waals surface area contributed by atoms with Crippen LogP contribution < -0.4 is 0 Å². The summed E-state index contributed by atoms with van der Waals surface area (Å²) in [5, 5.41) is 9.22. The molecule has 2 aliphatic rings. The molecule has 0 aromatic rings. The van der Waals surface area contributed by atoms with Crippen molar-refractivity contribution in [2.45, 2.75) is 38.3 Å². The van der Waals surface area contributed by atoms with Crippen LogP contribution in [0, 0.1) is 5.92 Å². The molecule has 3 atom stereocenters. The van der Waals surface area contributed by atoms with E-state index in [4.69, 9.17) is 9.47 Å². The number of nitrogens with zero attached hydrogens (tertiary/aromatic N) is 1. The molecule has 0 aliphatic carbocycles. The van der Waals surface area contributed by atoms with E-state index < -0.39 is 28.0 Å². The first-order valence-corrected chi connectivity index (χ1v) is 8.98. The van der Waals surface area contributed by atoms with Crippen molar-refractivity contribution in [1.29, 1.82) is 0 Å². The predicted octanol–water partition coefficient (Wildman–Crippen LogP) is 0.307. The molecule has 0 aromatic carbocycles. The average Bonchev–Trinajstić information content (AvgIpc) is 3.05. The first-order valence-electron chi connectivity index (χ1n) is 7.37. The minimum Gasteiger partial charge on any atom is -0.481 e. The fraction of sp³-hybridized carbons (Fsp3) is 0.923. The first kappa shape index (κ1) is 16.7. The molecule has 1 N–H and O–H groups in total. The van der Waals surface area contributed by atoms with Crippen molar-refractivity contribution in [2.75, 3.05) is 32.1 Å². The largest absolute Gasteiger partial charge is 0.481 e. The van der Waals surface area contributed by atoms with Gasteiger partial charge in [0, 0.05) is 13.2 Å². The number of aliphatic carboxylic acids is 1. The Morgan fingerprint density at radius 3 is 2.71 bits per heavy atom. The molecule has 122 valence electrons. The molecule has 2 rings (SSSR count). The van der Waals surface area contributed by atoms with E-state index in [1.54, 1.807) is 0 Å². The van der Waals surface area contributed by atoms with Crippen LogP contribution in [-0.2, 0) is 24.3 Å². The Hall–Kier alpha value is -0.700. The topological polar surface area (TPSA) is 93.1 Å². The van der Waals surface area contributed by atoms with Crippen LogP contribution in [0.3, 0.4) is 0 Å². The highest BCUT2D eigenvalue weighted by molar-refractivity contribution is 7.89. The molecule has 2 heterocycles. The third-order valence-electron chi connectivity index (χ3n) is 3.96. The summed E-state index contributed by atoms with van der Waals surface area (Å²) in [5.74, 6) is -1.88. The minimum atomic E-state index is -3.55. The lowest BCUT2D eigenvalue weighted by molar-refractivity contribution is -0.142. The molecule has 3 unspecified atom stereocenters. The molecule has 2 aliphatic heterocycles. The van der Waals surface area contributed by atoms with Gasteiger partial charge < -0.3 is 14.6 Å². The van der Waals surface area contributed by atoms with E-state index in [9.17, 15) is 18.3 Å². The van der Waals surface area contributed by atoms with Crippen molar-refractivity contribution in [3.63, 3.8) is 0 Å². The maximum Gasteiger partial charge on any atom is 0.310 e. The van der Waals surface area contributed by atoms with Crippen LogP contribution in [0.2, 0.25) is 0 Å². The second-order valence-electron chi connectivity index (χ2n) is 5.57. The van der Waals surface area contributed by atoms with Gasteiger partial charge in [0.2, 0.25) is 10.0 Å². The van der Waals surface area contributed by atoms with Crippen LogP contribution in [0.4, 0.5) is 0 Å². The van der Waals surface area contributed by atoms with Crippen LogP contribution in [-0.4, -0.2) is 68.1 Å². The van der Waals surface area contributed by atoms with E-state index in [1.807, 2.05) is 6.92 Å². The number of rotatable bonds is 7. The smallest absolute Gasteiger partial charge is 0.310 e. The van der Waals surface area contributed by atoms with E-state index in [2.05, 4.69) is 0 Å². The van der Waals surface area contributed by atoms with Crippen molar-refractivity contribution in [2.24, 2.45) is 5.92 Å². The van der Waals surface area contributed by atoms with Crippen molar-refractivity contribution >= 4 is 16.0 Å². The van der Waals surface area contributed by atoms with Crippen LogP contribution in [0.25, 0.3) is 0 Å². The zero-order valence-corrected chi connectivity index (χ0v) is 13.0. The van der Waals surface area contributed by atoms with E-state index >= 15 is 0 Å². The van der Waals surface area contributed by atoms with Crippen LogP contribution >= 0.6 is 0 Å². The van der Waals surface area contributed by atoms with Gasteiger partial charge in [-0.25, -0.2) is 8.42 Å². The quantitative estimate of drug-likeness (QED) is 0.725. The summed E-state index contributed by atoms with van der Waals surface area (Å²) < 4.78 is 37.2. The molecule has 0 saturated carbocycles. The van der Waals surface area contributed by atoms with Gasteiger partial charge >= 0.3 is 5.97 Å². The maximum atomic E-state index is 12.6. The Bertz CT molecular complexity index is 459. The fourth-order valence-corrected chi connectivity index (χ4v) is 4.91. The Morgan fingerprint density at radius 1 is 1.38 bits per heavy atom. The third kappa shape index (κ3) is 3.94. The van der Waals surface area contributed by atoms with Gasteiger partial charge in [0.05, 0.1) is 37.0 Å². The highest BCUT2D eigenvalue weighted by Gasteiger charge is 2.43. The Kier molecular flexibility index (Phi) is 5.59. The molecule has 0 spiro atoms. The molecule has 0 amide bonds. The van der Waals surface area contributed by atoms with E-state index in [0.29, 0.717) is 19.6 Å². The number of ether oxygens (including phenoxy) is 2. The predicted molar refractivity (Wildman–Crippen MR) is 75.5 cm³/mol. The Balaban J connectivity index is 2.14. The third-order valence-corrected chi connectivity index (χ3v) is 5.92. The number of carboxylic acid groups (broad SMARTS) is 1. The minimum absolute atomic E-state index is 0.0651. The van der Waals surface area contributed by atoms with Crippen molar-refractivity contribution in [1.82, 2.24) is 4.31 Å². The van der Waals surface area contributed by atoms with Gasteiger partial charge in [-0.3, -0.25) is 4.79 Å². The maximum absolute atomic E-state index is 12.6. The zero-order chi connectivity index (χ0) is 15.5. The first-order chi connectivity index (χ1) is 9.95. The highest BCUT2D eigenvalue weighted by atomic mass is 32.2. The molecule has 2 fully saturated rings. The molecule has 21 heavy (non-hydrogen) atoms. The van der Waals surface area contributed by atoms with Crippen LogP contribution in [0.5, 0.6) is 0 Å². The van der Waals surface area contributed by atoms with Crippen molar-refractivity contribution < 1.29 is 27.8 Å². The molecule has 7 nitrogen and oxygen atoms in total.